The van der Waals surface area contributed by atoms with Crippen LogP contribution >= 0.6 is 7.82 Å². The van der Waals surface area contributed by atoms with Gasteiger partial charge in [0.2, 0.25) is 0 Å². The van der Waals surface area contributed by atoms with Crippen LogP contribution in [0.3, 0.4) is 0 Å². The maximum Gasteiger partial charge on any atom is 0.469 e. The molecule has 3 atom stereocenters. The number of carbonyl (C=O) groups is 2. The van der Waals surface area contributed by atoms with Crippen LogP contribution in [0.1, 0.15) is 181 Å². The van der Waals surface area contributed by atoms with Gasteiger partial charge in [-0.2, -0.15) is 0 Å². The third-order valence-corrected chi connectivity index (χ3v) is 9.71. The maximum absolute atomic E-state index is 12.4. The molecule has 0 amide bonds. The SMILES string of the molecule is CC/C=C\C/C=C\C/C=C\C/C=C\C[C@H](O)[C@@H](O)CCCC(=O)OC[C@H](COP(=O)(O)O)OC(=O)CCCCCCCCCCC/C=C\CCCCCCCC. The third-order valence-electron chi connectivity index (χ3n) is 9.22. The lowest BCUT2D eigenvalue weighted by molar-refractivity contribution is -0.161. The second kappa shape index (κ2) is 39.5. The zero-order valence-electron chi connectivity index (χ0n) is 35.0. The van der Waals surface area contributed by atoms with Crippen LogP contribution in [0.2, 0.25) is 0 Å². The van der Waals surface area contributed by atoms with E-state index in [2.05, 4.69) is 60.9 Å². The van der Waals surface area contributed by atoms with E-state index >= 15 is 0 Å². The number of hydrogen-bond donors (Lipinski definition) is 4. The summed E-state index contributed by atoms with van der Waals surface area (Å²) in [5.74, 6) is -1.18. The van der Waals surface area contributed by atoms with Gasteiger partial charge in [-0.3, -0.25) is 14.1 Å². The minimum absolute atomic E-state index is 0.0511. The highest BCUT2D eigenvalue weighted by Gasteiger charge is 2.23. The molecule has 0 radical (unpaired) electrons. The van der Waals surface area contributed by atoms with Crippen molar-refractivity contribution in [2.24, 2.45) is 0 Å². The van der Waals surface area contributed by atoms with Crippen molar-refractivity contribution in [1.82, 2.24) is 0 Å². The molecule has 0 aliphatic heterocycles. The fourth-order valence-electron chi connectivity index (χ4n) is 5.87. The first kappa shape index (κ1) is 53.7. The number of carbonyl (C=O) groups excluding carboxylic acids is 2. The van der Waals surface area contributed by atoms with Gasteiger partial charge < -0.3 is 29.5 Å². The highest BCUT2D eigenvalue weighted by molar-refractivity contribution is 7.46. The van der Waals surface area contributed by atoms with Gasteiger partial charge in [-0.25, -0.2) is 4.57 Å². The van der Waals surface area contributed by atoms with Crippen molar-refractivity contribution in [1.29, 1.82) is 0 Å². The number of aliphatic hydroxyl groups excluding tert-OH is 2. The molecule has 0 rings (SSSR count). The van der Waals surface area contributed by atoms with Gasteiger partial charge in [-0.05, 0) is 77.0 Å². The fraction of sp³-hybridized carbons (Fsp3) is 0.733. The molecule has 0 unspecified atom stereocenters. The Morgan fingerprint density at radius 1 is 0.554 bits per heavy atom. The van der Waals surface area contributed by atoms with Crippen molar-refractivity contribution < 1.29 is 48.2 Å². The van der Waals surface area contributed by atoms with E-state index in [9.17, 15) is 24.4 Å². The van der Waals surface area contributed by atoms with Gasteiger partial charge in [0, 0.05) is 12.8 Å². The monoisotopic (exact) mass is 811 g/mol. The first-order valence-corrected chi connectivity index (χ1v) is 23.3. The van der Waals surface area contributed by atoms with Crippen LogP contribution in [0.5, 0.6) is 0 Å². The summed E-state index contributed by atoms with van der Waals surface area (Å²) in [6, 6.07) is 0. The zero-order valence-corrected chi connectivity index (χ0v) is 35.9. The van der Waals surface area contributed by atoms with E-state index in [1.165, 1.54) is 83.5 Å². The van der Waals surface area contributed by atoms with E-state index in [0.717, 1.165) is 44.9 Å². The molecule has 0 spiro atoms. The average Bonchev–Trinajstić information content (AvgIpc) is 3.16. The molecule has 11 heteroatoms. The Kier molecular flexibility index (Phi) is 37.9. The lowest BCUT2D eigenvalue weighted by Crippen LogP contribution is -2.29. The number of phosphoric ester groups is 1. The van der Waals surface area contributed by atoms with Gasteiger partial charge in [0.1, 0.15) is 6.61 Å². The number of hydrogen-bond acceptors (Lipinski definition) is 8. The van der Waals surface area contributed by atoms with Crippen molar-refractivity contribution in [2.45, 2.75) is 199 Å². The zero-order chi connectivity index (χ0) is 41.4. The van der Waals surface area contributed by atoms with Crippen molar-refractivity contribution >= 4 is 19.8 Å². The Morgan fingerprint density at radius 2 is 1.04 bits per heavy atom. The summed E-state index contributed by atoms with van der Waals surface area (Å²) in [5, 5.41) is 20.5. The lowest BCUT2D eigenvalue weighted by Gasteiger charge is -2.19. The first-order valence-electron chi connectivity index (χ1n) is 21.7. The van der Waals surface area contributed by atoms with Crippen LogP contribution < -0.4 is 0 Å². The molecule has 0 fully saturated rings. The smallest absolute Gasteiger partial charge is 0.462 e. The number of allylic oxidation sites excluding steroid dienone is 9. The number of esters is 2. The van der Waals surface area contributed by atoms with Gasteiger partial charge in [-0.1, -0.05) is 152 Å². The van der Waals surface area contributed by atoms with Crippen LogP contribution in [-0.4, -0.2) is 63.5 Å². The van der Waals surface area contributed by atoms with Crippen molar-refractivity contribution in [2.75, 3.05) is 13.2 Å². The number of rotatable bonds is 39. The highest BCUT2D eigenvalue weighted by Crippen LogP contribution is 2.36. The molecule has 56 heavy (non-hydrogen) atoms. The highest BCUT2D eigenvalue weighted by atomic mass is 31.2. The fourth-order valence-corrected chi connectivity index (χ4v) is 6.23. The van der Waals surface area contributed by atoms with Crippen LogP contribution in [0, 0.1) is 0 Å². The Balaban J connectivity index is 4.13. The molecular weight excluding hydrogens is 731 g/mol. The summed E-state index contributed by atoms with van der Waals surface area (Å²) >= 11 is 0. The minimum atomic E-state index is -4.83. The molecule has 0 heterocycles. The Labute approximate surface area is 340 Å². The molecule has 0 aromatic rings. The van der Waals surface area contributed by atoms with Crippen LogP contribution in [0.15, 0.2) is 60.8 Å². The van der Waals surface area contributed by atoms with Gasteiger partial charge in [0.05, 0.1) is 18.8 Å². The number of phosphoric acid groups is 1. The molecule has 0 saturated heterocycles. The second-order valence-electron chi connectivity index (χ2n) is 14.6. The van der Waals surface area contributed by atoms with Gasteiger partial charge in [-0.15, -0.1) is 0 Å². The lowest BCUT2D eigenvalue weighted by atomic mass is 10.0. The van der Waals surface area contributed by atoms with Crippen molar-refractivity contribution in [3.8, 4) is 0 Å². The summed E-state index contributed by atoms with van der Waals surface area (Å²) < 4.78 is 26.3. The van der Waals surface area contributed by atoms with E-state index in [-0.39, 0.29) is 32.1 Å². The summed E-state index contributed by atoms with van der Waals surface area (Å²) in [4.78, 5) is 43.0. The Morgan fingerprint density at radius 3 is 1.57 bits per heavy atom. The molecule has 324 valence electrons. The van der Waals surface area contributed by atoms with E-state index in [1.807, 2.05) is 18.2 Å². The van der Waals surface area contributed by atoms with E-state index < -0.39 is 51.3 Å². The van der Waals surface area contributed by atoms with E-state index in [4.69, 9.17) is 19.3 Å². The number of aliphatic hydroxyl groups is 2. The molecule has 0 aromatic carbocycles. The van der Waals surface area contributed by atoms with Gasteiger partial charge >= 0.3 is 19.8 Å². The van der Waals surface area contributed by atoms with E-state index in [0.29, 0.717) is 6.42 Å². The largest absolute Gasteiger partial charge is 0.469 e. The first-order chi connectivity index (χ1) is 27.1. The van der Waals surface area contributed by atoms with Crippen molar-refractivity contribution in [3.63, 3.8) is 0 Å². The van der Waals surface area contributed by atoms with Crippen LogP contribution in [-0.2, 0) is 28.2 Å². The van der Waals surface area contributed by atoms with E-state index in [1.54, 1.807) is 0 Å². The summed E-state index contributed by atoms with van der Waals surface area (Å²) in [6.45, 7) is 3.32. The van der Waals surface area contributed by atoms with Gasteiger partial charge in [0.15, 0.2) is 6.10 Å². The molecule has 0 aliphatic rings. The average molecular weight is 811 g/mol. The molecule has 0 aliphatic carbocycles. The van der Waals surface area contributed by atoms with Crippen LogP contribution in [0.4, 0.5) is 0 Å². The summed E-state index contributed by atoms with van der Waals surface area (Å²) in [7, 11) is -4.83. The third kappa shape index (κ3) is 39.9. The predicted molar refractivity (Wildman–Crippen MR) is 228 cm³/mol. The standard InChI is InChI=1S/C45H79O10P/c1-3-5-7-9-11-13-15-17-18-19-20-21-22-23-25-27-29-31-33-37-45(49)55-41(40-54-56(50,51)52)39-53-44(48)38-34-36-43(47)42(46)35-32-30-28-26-24-16-14-12-10-8-6-4-2/h6,8,12,14,17-18,24,26,30,32,41-43,46-47H,3-5,7,9-11,13,15-16,19-23,25,27-29,31,33-40H2,1-2H3,(H2,50,51,52)/b8-6-,14-12-,18-17-,26-24-,32-30-/t41-,42+,43+/m1/s1. The molecule has 10 nitrogen and oxygen atoms in total. The van der Waals surface area contributed by atoms with Gasteiger partial charge in [0.25, 0.3) is 0 Å². The quantitative estimate of drug-likeness (QED) is 0.0204. The van der Waals surface area contributed by atoms with Crippen LogP contribution in [0.25, 0.3) is 0 Å². The Bertz CT molecular complexity index is 1130. The Hall–Kier alpha value is -2.33. The molecular formula is C45H79O10P. The maximum atomic E-state index is 12.4. The predicted octanol–water partition coefficient (Wildman–Crippen LogP) is 11.2. The normalized spacial score (nSPS) is 14.2. The number of ether oxygens (including phenoxy) is 2. The molecule has 0 aromatic heterocycles. The molecule has 0 saturated carbocycles. The minimum Gasteiger partial charge on any atom is -0.462 e. The molecule has 0 bridgehead atoms. The topological polar surface area (TPSA) is 160 Å². The van der Waals surface area contributed by atoms with Crippen molar-refractivity contribution in [3.05, 3.63) is 60.8 Å². The summed E-state index contributed by atoms with van der Waals surface area (Å²) in [6.07, 6.45) is 42.6. The summed E-state index contributed by atoms with van der Waals surface area (Å²) in [5.41, 5.74) is 0. The molecule has 4 N–H and O–H groups in total. The number of unbranched alkanes of at least 4 members (excludes halogenated alkanes) is 15. The second-order valence-corrected chi connectivity index (χ2v) is 15.8.